The number of aromatic nitrogens is 2. The maximum absolute atomic E-state index is 14.5. The highest BCUT2D eigenvalue weighted by atomic mass is 19.4. The van der Waals surface area contributed by atoms with Crippen molar-refractivity contribution in [2.75, 3.05) is 20.3 Å². The molecule has 2 atom stereocenters. The van der Waals surface area contributed by atoms with Crippen molar-refractivity contribution in [3.63, 3.8) is 0 Å². The number of ether oxygens (including phenoxy) is 2. The Hall–Kier alpha value is -5.25. The largest absolute Gasteiger partial charge is 0.494 e. The SMILES string of the molecule is COc1cc(C(=O)NC[C@H](c2cc3c(c(-c4ccc(F)cc4)n2)OC[C@]3(C)C(N)=O)C(F)(F)F)cc2cc(C#N)cnc12. The highest BCUT2D eigenvalue weighted by Gasteiger charge is 2.47. The molecule has 2 amide bonds. The fraction of sp³-hybridized carbons (Fsp3) is 0.233. The van der Waals surface area contributed by atoms with E-state index in [2.05, 4.69) is 15.3 Å². The molecular formula is C30H23F4N5O4. The maximum atomic E-state index is 14.5. The number of halogens is 4. The number of primary amides is 1. The van der Waals surface area contributed by atoms with Gasteiger partial charge in [-0.1, -0.05) is 0 Å². The smallest absolute Gasteiger partial charge is 0.398 e. The quantitative estimate of drug-likeness (QED) is 0.300. The van der Waals surface area contributed by atoms with Crippen LogP contribution >= 0.6 is 0 Å². The average Bonchev–Trinajstić information content (AvgIpc) is 3.33. The average molecular weight is 594 g/mol. The van der Waals surface area contributed by atoms with E-state index < -0.39 is 47.4 Å². The zero-order chi connectivity index (χ0) is 31.1. The molecule has 5 rings (SSSR count). The number of fused-ring (bicyclic) bond motifs is 2. The molecule has 0 bridgehead atoms. The second-order valence-electron chi connectivity index (χ2n) is 10.2. The van der Waals surface area contributed by atoms with E-state index in [1.165, 1.54) is 50.6 Å². The second kappa shape index (κ2) is 10.9. The highest BCUT2D eigenvalue weighted by Crippen LogP contribution is 2.46. The van der Waals surface area contributed by atoms with E-state index in [1.54, 1.807) is 0 Å². The molecule has 1 aliphatic rings. The molecule has 43 heavy (non-hydrogen) atoms. The van der Waals surface area contributed by atoms with Crippen molar-refractivity contribution < 1.29 is 36.6 Å². The lowest BCUT2D eigenvalue weighted by atomic mass is 9.82. The number of carbonyl (C=O) groups is 2. The van der Waals surface area contributed by atoms with E-state index in [1.807, 2.05) is 6.07 Å². The van der Waals surface area contributed by atoms with Crippen LogP contribution in [0.3, 0.4) is 0 Å². The zero-order valence-corrected chi connectivity index (χ0v) is 22.8. The van der Waals surface area contributed by atoms with E-state index in [0.29, 0.717) is 10.9 Å². The Labute approximate surface area is 242 Å². The van der Waals surface area contributed by atoms with Crippen LogP contribution in [-0.4, -0.2) is 48.2 Å². The Morgan fingerprint density at radius 3 is 2.56 bits per heavy atom. The first-order valence-electron chi connectivity index (χ1n) is 12.8. The monoisotopic (exact) mass is 593 g/mol. The fourth-order valence-electron chi connectivity index (χ4n) is 4.84. The summed E-state index contributed by atoms with van der Waals surface area (Å²) >= 11 is 0. The number of rotatable bonds is 7. The molecule has 1 aliphatic heterocycles. The number of alkyl halides is 3. The molecule has 0 aliphatic carbocycles. The fourth-order valence-corrected chi connectivity index (χ4v) is 4.84. The Balaban J connectivity index is 1.54. The zero-order valence-electron chi connectivity index (χ0n) is 22.8. The summed E-state index contributed by atoms with van der Waals surface area (Å²) in [6.07, 6.45) is -3.56. The van der Waals surface area contributed by atoms with Gasteiger partial charge >= 0.3 is 6.18 Å². The lowest BCUT2D eigenvalue weighted by Crippen LogP contribution is -2.40. The van der Waals surface area contributed by atoms with Gasteiger partial charge in [-0.15, -0.1) is 0 Å². The molecule has 2 aromatic carbocycles. The number of nitrogens with one attached hydrogen (secondary N) is 1. The van der Waals surface area contributed by atoms with E-state index >= 15 is 0 Å². The molecule has 0 spiro atoms. The summed E-state index contributed by atoms with van der Waals surface area (Å²) in [6.45, 7) is 0.308. The molecule has 4 aromatic rings. The number of benzene rings is 2. The van der Waals surface area contributed by atoms with Crippen LogP contribution in [0.1, 0.15) is 40.0 Å². The predicted octanol–water partition coefficient (Wildman–Crippen LogP) is 4.53. The minimum Gasteiger partial charge on any atom is -0.494 e. The molecule has 0 saturated heterocycles. The van der Waals surface area contributed by atoms with Crippen molar-refractivity contribution in [3.05, 3.63) is 82.9 Å². The van der Waals surface area contributed by atoms with Crippen LogP contribution < -0.4 is 20.5 Å². The number of nitrogens with zero attached hydrogens (tertiary/aromatic N) is 3. The first-order chi connectivity index (χ1) is 20.3. The predicted molar refractivity (Wildman–Crippen MR) is 146 cm³/mol. The van der Waals surface area contributed by atoms with Crippen LogP contribution in [-0.2, 0) is 10.2 Å². The Kier molecular flexibility index (Phi) is 7.39. The summed E-state index contributed by atoms with van der Waals surface area (Å²) in [5.41, 5.74) is 4.54. The van der Waals surface area contributed by atoms with Gasteiger partial charge in [-0.2, -0.15) is 18.4 Å². The summed E-state index contributed by atoms with van der Waals surface area (Å²) in [5.74, 6) is -4.29. The van der Waals surface area contributed by atoms with Gasteiger partial charge in [0.25, 0.3) is 5.91 Å². The second-order valence-corrected chi connectivity index (χ2v) is 10.2. The lowest BCUT2D eigenvalue weighted by molar-refractivity contribution is -0.149. The maximum Gasteiger partial charge on any atom is 0.398 e. The third kappa shape index (κ3) is 5.39. The summed E-state index contributed by atoms with van der Waals surface area (Å²) in [4.78, 5) is 33.9. The van der Waals surface area contributed by atoms with Crippen LogP contribution in [0.2, 0.25) is 0 Å². The minimum atomic E-state index is -4.89. The summed E-state index contributed by atoms with van der Waals surface area (Å²) in [7, 11) is 1.35. The standard InChI is InChI=1S/C30H23F4N5O4/c1-29(28(36)41)14-43-26-20(29)10-22(39-25(26)16-3-5-19(31)6-4-16)21(30(32,33)34)13-38-27(40)18-8-17-7-15(11-35)12-37-24(17)23(9-18)42-2/h3-10,12,21H,13-14H2,1-2H3,(H2,36,41)(H,38,40)/t21-,29+/m1/s1. The van der Waals surface area contributed by atoms with Gasteiger partial charge in [0.05, 0.1) is 18.4 Å². The van der Waals surface area contributed by atoms with Gasteiger partial charge in [0, 0.05) is 34.8 Å². The number of hydrogen-bond acceptors (Lipinski definition) is 7. The van der Waals surface area contributed by atoms with Crippen molar-refractivity contribution >= 4 is 22.7 Å². The van der Waals surface area contributed by atoms with Gasteiger partial charge in [0.1, 0.15) is 52.5 Å². The van der Waals surface area contributed by atoms with Crippen molar-refractivity contribution in [2.45, 2.75) is 24.4 Å². The van der Waals surface area contributed by atoms with E-state index in [0.717, 1.165) is 18.2 Å². The van der Waals surface area contributed by atoms with Crippen LogP contribution in [0.4, 0.5) is 17.6 Å². The molecular weight excluding hydrogens is 570 g/mol. The number of hydrogen-bond donors (Lipinski definition) is 2. The van der Waals surface area contributed by atoms with Crippen molar-refractivity contribution in [2.24, 2.45) is 5.73 Å². The minimum absolute atomic E-state index is 0.0224. The highest BCUT2D eigenvalue weighted by molar-refractivity contribution is 6.00. The number of nitrogens with two attached hydrogens (primary N) is 1. The lowest BCUT2D eigenvalue weighted by Gasteiger charge is -2.24. The molecule has 220 valence electrons. The van der Waals surface area contributed by atoms with Crippen LogP contribution in [0, 0.1) is 17.1 Å². The molecule has 0 fully saturated rings. The van der Waals surface area contributed by atoms with Gasteiger partial charge < -0.3 is 20.5 Å². The van der Waals surface area contributed by atoms with Gasteiger partial charge in [-0.3, -0.25) is 14.6 Å². The number of nitriles is 1. The van der Waals surface area contributed by atoms with E-state index in [9.17, 15) is 32.4 Å². The van der Waals surface area contributed by atoms with Crippen LogP contribution in [0.15, 0.2) is 54.7 Å². The number of carbonyl (C=O) groups excluding carboxylic acids is 2. The molecule has 0 unspecified atom stereocenters. The molecule has 0 saturated carbocycles. The summed E-state index contributed by atoms with van der Waals surface area (Å²) < 4.78 is 68.2. The third-order valence-electron chi connectivity index (χ3n) is 7.33. The summed E-state index contributed by atoms with van der Waals surface area (Å²) in [5, 5.41) is 11.9. The number of methoxy groups -OCH3 is 1. The van der Waals surface area contributed by atoms with Crippen LogP contribution in [0.25, 0.3) is 22.2 Å². The van der Waals surface area contributed by atoms with Crippen molar-refractivity contribution in [3.8, 4) is 28.8 Å². The van der Waals surface area contributed by atoms with Crippen LogP contribution in [0.5, 0.6) is 11.5 Å². The van der Waals surface area contributed by atoms with Crippen molar-refractivity contribution in [1.82, 2.24) is 15.3 Å². The van der Waals surface area contributed by atoms with Gasteiger partial charge in [0.15, 0.2) is 0 Å². The van der Waals surface area contributed by atoms with E-state index in [-0.39, 0.29) is 46.1 Å². The Morgan fingerprint density at radius 2 is 1.93 bits per heavy atom. The first kappa shape index (κ1) is 29.2. The molecule has 2 aromatic heterocycles. The van der Waals surface area contributed by atoms with Gasteiger partial charge in [0.2, 0.25) is 5.91 Å². The number of amides is 2. The number of pyridine rings is 2. The molecule has 9 nitrogen and oxygen atoms in total. The molecule has 3 heterocycles. The Bertz CT molecular complexity index is 1800. The molecule has 13 heteroatoms. The van der Waals surface area contributed by atoms with Gasteiger partial charge in [-0.05, 0) is 55.5 Å². The summed E-state index contributed by atoms with van der Waals surface area (Å²) in [6, 6.07) is 12.1. The van der Waals surface area contributed by atoms with Gasteiger partial charge in [-0.25, -0.2) is 9.37 Å². The topological polar surface area (TPSA) is 140 Å². The third-order valence-corrected chi connectivity index (χ3v) is 7.33. The van der Waals surface area contributed by atoms with E-state index in [4.69, 9.17) is 15.2 Å². The van der Waals surface area contributed by atoms with Crippen molar-refractivity contribution in [1.29, 1.82) is 5.26 Å². The molecule has 3 N–H and O–H groups in total. The molecule has 0 radical (unpaired) electrons. The normalized spacial score (nSPS) is 16.6. The Morgan fingerprint density at radius 1 is 1.21 bits per heavy atom. The first-order valence-corrected chi connectivity index (χ1v) is 12.8.